The lowest BCUT2D eigenvalue weighted by molar-refractivity contribution is -0.120. The Bertz CT molecular complexity index is 862. The van der Waals surface area contributed by atoms with E-state index in [1.165, 1.54) is 0 Å². The Kier molecular flexibility index (Phi) is 5.27. The number of benzene rings is 2. The van der Waals surface area contributed by atoms with Gasteiger partial charge in [0, 0.05) is 18.8 Å². The summed E-state index contributed by atoms with van der Waals surface area (Å²) in [6, 6.07) is 14.5. The Labute approximate surface area is 164 Å². The molecular weight excluding hydrogens is 358 g/mol. The number of fused-ring (bicyclic) bond motifs is 1. The van der Waals surface area contributed by atoms with E-state index in [1.54, 1.807) is 23.0 Å². The molecule has 0 atom stereocenters. The van der Waals surface area contributed by atoms with Crippen molar-refractivity contribution in [3.8, 4) is 5.75 Å². The van der Waals surface area contributed by atoms with Crippen molar-refractivity contribution in [3.63, 3.8) is 0 Å². The lowest BCUT2D eigenvalue weighted by atomic mass is 10.1. The van der Waals surface area contributed by atoms with Crippen LogP contribution in [-0.2, 0) is 9.53 Å². The molecule has 0 saturated carbocycles. The van der Waals surface area contributed by atoms with Crippen LogP contribution in [0.5, 0.6) is 5.75 Å². The molecule has 1 saturated heterocycles. The number of carbonyl (C=O) groups is 2. The van der Waals surface area contributed by atoms with Crippen LogP contribution in [0.1, 0.15) is 10.4 Å². The largest absolute Gasteiger partial charge is 0.497 e. The standard InChI is InChI=1S/C21H23N3O4/c1-27-17-8-6-16(7-9-17)23-15-24(19-5-3-2-4-18(19)21(23)26)20(25)14-22-10-12-28-13-11-22/h2-9H,10-15H2,1H3. The van der Waals surface area contributed by atoms with Crippen molar-refractivity contribution in [3.05, 3.63) is 54.1 Å². The van der Waals surface area contributed by atoms with Crippen LogP contribution in [0.4, 0.5) is 11.4 Å². The quantitative estimate of drug-likeness (QED) is 0.810. The van der Waals surface area contributed by atoms with Crippen molar-refractivity contribution in [1.82, 2.24) is 4.90 Å². The first-order valence-corrected chi connectivity index (χ1v) is 9.33. The minimum absolute atomic E-state index is 0.0274. The average molecular weight is 381 g/mol. The van der Waals surface area contributed by atoms with Gasteiger partial charge in [-0.2, -0.15) is 0 Å². The molecule has 2 aromatic carbocycles. The van der Waals surface area contributed by atoms with E-state index >= 15 is 0 Å². The zero-order valence-electron chi connectivity index (χ0n) is 15.8. The second kappa shape index (κ2) is 8.00. The summed E-state index contributed by atoms with van der Waals surface area (Å²) < 4.78 is 10.6. The second-order valence-electron chi connectivity index (χ2n) is 6.80. The van der Waals surface area contributed by atoms with E-state index in [9.17, 15) is 9.59 Å². The molecule has 0 bridgehead atoms. The molecule has 28 heavy (non-hydrogen) atoms. The molecule has 0 aromatic heterocycles. The summed E-state index contributed by atoms with van der Waals surface area (Å²) in [5.74, 6) is 0.574. The number of amides is 2. The molecule has 0 N–H and O–H groups in total. The predicted octanol–water partition coefficient (Wildman–Crippen LogP) is 1.98. The smallest absolute Gasteiger partial charge is 0.261 e. The molecule has 2 aliphatic rings. The highest BCUT2D eigenvalue weighted by atomic mass is 16.5. The molecule has 2 aromatic rings. The third-order valence-electron chi connectivity index (χ3n) is 5.10. The summed E-state index contributed by atoms with van der Waals surface area (Å²) in [6.07, 6.45) is 0. The Morgan fingerprint density at radius 2 is 1.79 bits per heavy atom. The van der Waals surface area contributed by atoms with Crippen LogP contribution in [0.15, 0.2) is 48.5 Å². The predicted molar refractivity (Wildman–Crippen MR) is 106 cm³/mol. The van der Waals surface area contributed by atoms with Crippen LogP contribution >= 0.6 is 0 Å². The fraction of sp³-hybridized carbons (Fsp3) is 0.333. The Morgan fingerprint density at radius 3 is 2.50 bits per heavy atom. The van der Waals surface area contributed by atoms with E-state index in [4.69, 9.17) is 9.47 Å². The van der Waals surface area contributed by atoms with Crippen LogP contribution in [0.2, 0.25) is 0 Å². The average Bonchev–Trinajstić information content (AvgIpc) is 2.75. The van der Waals surface area contributed by atoms with Gasteiger partial charge in [-0.3, -0.25) is 24.3 Å². The first-order chi connectivity index (χ1) is 13.7. The lowest BCUT2D eigenvalue weighted by Gasteiger charge is -2.38. The van der Waals surface area contributed by atoms with Crippen molar-refractivity contribution < 1.29 is 19.1 Å². The number of methoxy groups -OCH3 is 1. The SMILES string of the molecule is COc1ccc(N2CN(C(=O)CN3CCOCC3)c3ccccc3C2=O)cc1. The number of rotatable bonds is 4. The lowest BCUT2D eigenvalue weighted by Crippen LogP contribution is -2.52. The fourth-order valence-corrected chi connectivity index (χ4v) is 3.53. The Balaban J connectivity index is 1.62. The summed E-state index contributed by atoms with van der Waals surface area (Å²) in [4.78, 5) is 31.6. The number of carbonyl (C=O) groups excluding carboxylic acids is 2. The third kappa shape index (κ3) is 3.58. The van der Waals surface area contributed by atoms with Gasteiger partial charge in [-0.15, -0.1) is 0 Å². The molecule has 0 radical (unpaired) electrons. The second-order valence-corrected chi connectivity index (χ2v) is 6.80. The van der Waals surface area contributed by atoms with Gasteiger partial charge < -0.3 is 9.47 Å². The summed E-state index contributed by atoms with van der Waals surface area (Å²) in [7, 11) is 1.60. The normalized spacial score (nSPS) is 17.4. The number of para-hydroxylation sites is 1. The maximum atomic E-state index is 13.1. The van der Waals surface area contributed by atoms with Gasteiger partial charge in [0.25, 0.3) is 5.91 Å². The van der Waals surface area contributed by atoms with Gasteiger partial charge in [0.2, 0.25) is 5.91 Å². The summed E-state index contributed by atoms with van der Waals surface area (Å²) in [5, 5.41) is 0. The number of anilines is 2. The molecule has 2 heterocycles. The number of morpholine rings is 1. The first-order valence-electron chi connectivity index (χ1n) is 9.33. The molecule has 0 aliphatic carbocycles. The van der Waals surface area contributed by atoms with Crippen molar-refractivity contribution in [2.24, 2.45) is 0 Å². The molecule has 0 unspecified atom stereocenters. The fourth-order valence-electron chi connectivity index (χ4n) is 3.53. The Hall–Kier alpha value is -2.90. The van der Waals surface area contributed by atoms with E-state index < -0.39 is 0 Å². The Morgan fingerprint density at radius 1 is 1.07 bits per heavy atom. The summed E-state index contributed by atoms with van der Waals surface area (Å²) in [6.45, 7) is 3.25. The zero-order chi connectivity index (χ0) is 19.5. The van der Waals surface area contributed by atoms with E-state index in [0.717, 1.165) is 18.8 Å². The molecule has 1 fully saturated rings. The van der Waals surface area contributed by atoms with E-state index in [1.807, 2.05) is 42.5 Å². The number of ether oxygens (including phenoxy) is 2. The monoisotopic (exact) mass is 381 g/mol. The van der Waals surface area contributed by atoms with Crippen LogP contribution in [0, 0.1) is 0 Å². The molecule has 0 spiro atoms. The van der Waals surface area contributed by atoms with Gasteiger partial charge in [-0.1, -0.05) is 12.1 Å². The van der Waals surface area contributed by atoms with Gasteiger partial charge in [0.1, 0.15) is 12.4 Å². The van der Waals surface area contributed by atoms with Crippen molar-refractivity contribution >= 4 is 23.2 Å². The van der Waals surface area contributed by atoms with Gasteiger partial charge >= 0.3 is 0 Å². The van der Waals surface area contributed by atoms with Crippen LogP contribution in [0.3, 0.4) is 0 Å². The topological polar surface area (TPSA) is 62.3 Å². The maximum Gasteiger partial charge on any atom is 0.261 e. The molecule has 146 valence electrons. The molecule has 7 heteroatoms. The van der Waals surface area contributed by atoms with E-state index in [2.05, 4.69) is 4.90 Å². The van der Waals surface area contributed by atoms with E-state index in [-0.39, 0.29) is 18.5 Å². The minimum Gasteiger partial charge on any atom is -0.497 e. The van der Waals surface area contributed by atoms with Gasteiger partial charge in [0.15, 0.2) is 0 Å². The van der Waals surface area contributed by atoms with Crippen LogP contribution in [-0.4, -0.2) is 63.3 Å². The molecular formula is C21H23N3O4. The molecule has 2 amide bonds. The van der Waals surface area contributed by atoms with Crippen molar-refractivity contribution in [1.29, 1.82) is 0 Å². The number of nitrogens with zero attached hydrogens (tertiary/aromatic N) is 3. The minimum atomic E-state index is -0.115. The highest BCUT2D eigenvalue weighted by Crippen LogP contribution is 2.31. The molecule has 4 rings (SSSR count). The van der Waals surface area contributed by atoms with E-state index in [0.29, 0.717) is 36.8 Å². The van der Waals surface area contributed by atoms with Crippen molar-refractivity contribution in [2.75, 3.05) is 56.4 Å². The summed E-state index contributed by atoms with van der Waals surface area (Å²) in [5.41, 5.74) is 1.92. The van der Waals surface area contributed by atoms with Crippen LogP contribution < -0.4 is 14.5 Å². The molecule has 2 aliphatic heterocycles. The third-order valence-corrected chi connectivity index (χ3v) is 5.10. The van der Waals surface area contributed by atoms with Crippen LogP contribution in [0.25, 0.3) is 0 Å². The summed E-state index contributed by atoms with van der Waals surface area (Å²) >= 11 is 0. The number of hydrogen-bond donors (Lipinski definition) is 0. The highest BCUT2D eigenvalue weighted by Gasteiger charge is 2.33. The number of hydrogen-bond acceptors (Lipinski definition) is 5. The highest BCUT2D eigenvalue weighted by molar-refractivity contribution is 6.15. The first kappa shape index (κ1) is 18.5. The maximum absolute atomic E-state index is 13.1. The van der Waals surface area contributed by atoms with Gasteiger partial charge in [-0.05, 0) is 36.4 Å². The van der Waals surface area contributed by atoms with Gasteiger partial charge in [-0.25, -0.2) is 0 Å². The van der Waals surface area contributed by atoms with Gasteiger partial charge in [0.05, 0.1) is 38.1 Å². The zero-order valence-corrected chi connectivity index (χ0v) is 15.8. The molecule has 7 nitrogen and oxygen atoms in total. The van der Waals surface area contributed by atoms with Crippen molar-refractivity contribution in [2.45, 2.75) is 0 Å².